The summed E-state index contributed by atoms with van der Waals surface area (Å²) in [5.74, 6) is 0.0347. The second-order valence-corrected chi connectivity index (χ2v) is 4.76. The van der Waals surface area contributed by atoms with Crippen molar-refractivity contribution in [3.05, 3.63) is 54.1 Å². The first-order valence-corrected chi connectivity index (χ1v) is 6.36. The molecule has 0 fully saturated rings. The fourth-order valence-electron chi connectivity index (χ4n) is 1.48. The number of aromatic hydroxyl groups is 1. The lowest BCUT2D eigenvalue weighted by Gasteiger charge is -1.91. The van der Waals surface area contributed by atoms with E-state index in [2.05, 4.69) is 4.98 Å². The smallest absolute Gasteiger partial charge is 0.181 e. The van der Waals surface area contributed by atoms with E-state index in [0.717, 1.165) is 10.2 Å². The summed E-state index contributed by atoms with van der Waals surface area (Å²) in [5.41, 5.74) is 6.82. The SMILES string of the molecule is Nc1nc2ccccc2s1.O=Cc1ccccc1O. The van der Waals surface area contributed by atoms with Crippen LogP contribution in [0.25, 0.3) is 10.2 Å². The zero-order chi connectivity index (χ0) is 13.7. The van der Waals surface area contributed by atoms with Crippen LogP contribution in [0.2, 0.25) is 0 Å². The number of nitrogens with zero attached hydrogens (tertiary/aromatic N) is 1. The van der Waals surface area contributed by atoms with Gasteiger partial charge in [0.1, 0.15) is 5.75 Å². The van der Waals surface area contributed by atoms with Crippen molar-refractivity contribution in [3.8, 4) is 5.75 Å². The molecule has 3 aromatic rings. The van der Waals surface area contributed by atoms with E-state index < -0.39 is 0 Å². The Labute approximate surface area is 114 Å². The molecule has 0 spiro atoms. The number of nitrogens with two attached hydrogens (primary N) is 1. The average molecular weight is 272 g/mol. The number of rotatable bonds is 1. The van der Waals surface area contributed by atoms with Crippen LogP contribution in [0.1, 0.15) is 10.4 Å². The maximum Gasteiger partial charge on any atom is 0.181 e. The summed E-state index contributed by atoms with van der Waals surface area (Å²) in [6.07, 6.45) is 0.620. The third kappa shape index (κ3) is 3.29. The van der Waals surface area contributed by atoms with Gasteiger partial charge in [-0.15, -0.1) is 0 Å². The zero-order valence-corrected chi connectivity index (χ0v) is 10.8. The minimum absolute atomic E-state index is 0.0347. The lowest BCUT2D eigenvalue weighted by molar-refractivity contribution is 0.112. The van der Waals surface area contributed by atoms with E-state index in [9.17, 15) is 4.79 Å². The number of anilines is 1. The van der Waals surface area contributed by atoms with Crippen LogP contribution in [0.5, 0.6) is 5.75 Å². The third-order valence-electron chi connectivity index (χ3n) is 2.37. The van der Waals surface area contributed by atoms with Crippen molar-refractivity contribution in [2.45, 2.75) is 0 Å². The molecule has 0 saturated carbocycles. The first kappa shape index (κ1) is 13.0. The van der Waals surface area contributed by atoms with Crippen LogP contribution in [0, 0.1) is 0 Å². The minimum atomic E-state index is 0.0347. The number of nitrogen functional groups attached to an aromatic ring is 1. The molecule has 3 rings (SSSR count). The number of hydrogen-bond acceptors (Lipinski definition) is 5. The number of para-hydroxylation sites is 2. The fourth-order valence-corrected chi connectivity index (χ4v) is 2.21. The third-order valence-corrected chi connectivity index (χ3v) is 3.24. The molecular weight excluding hydrogens is 260 g/mol. The van der Waals surface area contributed by atoms with Gasteiger partial charge in [-0.25, -0.2) is 4.98 Å². The van der Waals surface area contributed by atoms with Crippen LogP contribution in [0.3, 0.4) is 0 Å². The molecule has 96 valence electrons. The Morgan fingerprint density at radius 2 is 1.79 bits per heavy atom. The number of phenols is 1. The largest absolute Gasteiger partial charge is 0.507 e. The van der Waals surface area contributed by atoms with E-state index in [1.165, 1.54) is 17.4 Å². The van der Waals surface area contributed by atoms with Gasteiger partial charge in [-0.3, -0.25) is 4.79 Å². The van der Waals surface area contributed by atoms with E-state index in [4.69, 9.17) is 10.8 Å². The molecule has 0 aliphatic carbocycles. The number of fused-ring (bicyclic) bond motifs is 1. The maximum atomic E-state index is 10.1. The van der Waals surface area contributed by atoms with Crippen molar-refractivity contribution in [3.63, 3.8) is 0 Å². The van der Waals surface area contributed by atoms with Gasteiger partial charge in [0.05, 0.1) is 15.8 Å². The predicted octanol–water partition coefficient (Wildman–Crippen LogP) is 3.08. The van der Waals surface area contributed by atoms with Crippen molar-refractivity contribution >= 4 is 33.0 Å². The van der Waals surface area contributed by atoms with E-state index >= 15 is 0 Å². The first-order valence-electron chi connectivity index (χ1n) is 5.55. The second kappa shape index (κ2) is 5.97. The summed E-state index contributed by atoms with van der Waals surface area (Å²) in [6, 6.07) is 14.3. The van der Waals surface area contributed by atoms with Gasteiger partial charge in [0.15, 0.2) is 11.4 Å². The first-order chi connectivity index (χ1) is 9.20. The van der Waals surface area contributed by atoms with Crippen molar-refractivity contribution in [2.24, 2.45) is 0 Å². The molecule has 0 unspecified atom stereocenters. The second-order valence-electron chi connectivity index (χ2n) is 3.70. The molecule has 19 heavy (non-hydrogen) atoms. The van der Waals surface area contributed by atoms with Crippen LogP contribution >= 0.6 is 11.3 Å². The number of hydrogen-bond donors (Lipinski definition) is 2. The molecule has 0 amide bonds. The molecule has 5 heteroatoms. The number of aldehydes is 1. The van der Waals surface area contributed by atoms with E-state index in [0.29, 0.717) is 17.0 Å². The van der Waals surface area contributed by atoms with Gasteiger partial charge in [0.25, 0.3) is 0 Å². The Balaban J connectivity index is 0.000000141. The Morgan fingerprint density at radius 3 is 2.42 bits per heavy atom. The number of aromatic nitrogens is 1. The predicted molar refractivity (Wildman–Crippen MR) is 77.5 cm³/mol. The van der Waals surface area contributed by atoms with E-state index in [1.54, 1.807) is 18.2 Å². The highest BCUT2D eigenvalue weighted by atomic mass is 32.1. The summed E-state index contributed by atoms with van der Waals surface area (Å²) in [7, 11) is 0. The highest BCUT2D eigenvalue weighted by molar-refractivity contribution is 7.22. The standard InChI is InChI=1S/C7H6N2S.C7H6O2/c8-7-9-5-3-1-2-4-6(5)10-7;8-5-6-3-1-2-4-7(6)9/h1-4H,(H2,8,9);1-5,9H. The molecule has 4 nitrogen and oxygen atoms in total. The minimum Gasteiger partial charge on any atom is -0.507 e. The molecule has 0 radical (unpaired) electrons. The van der Waals surface area contributed by atoms with Crippen LogP contribution in [-0.2, 0) is 0 Å². The molecule has 0 bridgehead atoms. The highest BCUT2D eigenvalue weighted by Gasteiger charge is 1.96. The van der Waals surface area contributed by atoms with Gasteiger partial charge in [-0.2, -0.15) is 0 Å². The quantitative estimate of drug-likeness (QED) is 0.667. The number of phenolic OH excluding ortho intramolecular Hbond substituents is 1. The lowest BCUT2D eigenvalue weighted by Crippen LogP contribution is -1.78. The molecule has 1 aromatic heterocycles. The molecular formula is C14H12N2O2S. The molecule has 1 heterocycles. The van der Waals surface area contributed by atoms with Crippen molar-refractivity contribution < 1.29 is 9.90 Å². The van der Waals surface area contributed by atoms with E-state index in [1.807, 2.05) is 24.3 Å². The van der Waals surface area contributed by atoms with Crippen LogP contribution < -0.4 is 5.73 Å². The highest BCUT2D eigenvalue weighted by Crippen LogP contribution is 2.22. The maximum absolute atomic E-state index is 10.1. The summed E-state index contributed by atoms with van der Waals surface area (Å²) in [4.78, 5) is 14.2. The molecule has 0 saturated heterocycles. The van der Waals surface area contributed by atoms with Crippen molar-refractivity contribution in [1.82, 2.24) is 4.98 Å². The van der Waals surface area contributed by atoms with Crippen LogP contribution in [-0.4, -0.2) is 16.4 Å². The summed E-state index contributed by atoms with van der Waals surface area (Å²) >= 11 is 1.52. The number of carbonyl (C=O) groups is 1. The summed E-state index contributed by atoms with van der Waals surface area (Å²) in [5, 5.41) is 9.52. The molecule has 3 N–H and O–H groups in total. The van der Waals surface area contributed by atoms with Crippen LogP contribution in [0.4, 0.5) is 5.13 Å². The van der Waals surface area contributed by atoms with Gasteiger partial charge in [0, 0.05) is 0 Å². The van der Waals surface area contributed by atoms with Crippen molar-refractivity contribution in [1.29, 1.82) is 0 Å². The number of carbonyl (C=O) groups excluding carboxylic acids is 1. The van der Waals surface area contributed by atoms with Gasteiger partial charge in [-0.1, -0.05) is 35.6 Å². The van der Waals surface area contributed by atoms with Gasteiger partial charge < -0.3 is 10.8 Å². The molecule has 0 aliphatic heterocycles. The number of benzene rings is 2. The fraction of sp³-hybridized carbons (Fsp3) is 0. The monoisotopic (exact) mass is 272 g/mol. The summed E-state index contributed by atoms with van der Waals surface area (Å²) < 4.78 is 1.15. The van der Waals surface area contributed by atoms with Gasteiger partial charge >= 0.3 is 0 Å². The molecule has 2 aromatic carbocycles. The van der Waals surface area contributed by atoms with Crippen molar-refractivity contribution in [2.75, 3.05) is 5.73 Å². The Hall–Kier alpha value is -2.40. The Morgan fingerprint density at radius 1 is 1.11 bits per heavy atom. The summed E-state index contributed by atoms with van der Waals surface area (Å²) in [6.45, 7) is 0. The lowest BCUT2D eigenvalue weighted by atomic mass is 10.2. The van der Waals surface area contributed by atoms with Crippen LogP contribution in [0.15, 0.2) is 48.5 Å². The normalized spacial score (nSPS) is 9.68. The number of thiazole rings is 1. The van der Waals surface area contributed by atoms with Gasteiger partial charge in [-0.05, 0) is 24.3 Å². The Bertz CT molecular complexity index is 661. The van der Waals surface area contributed by atoms with E-state index in [-0.39, 0.29) is 5.75 Å². The zero-order valence-electron chi connectivity index (χ0n) is 9.98. The average Bonchev–Trinajstić information content (AvgIpc) is 2.80. The topological polar surface area (TPSA) is 76.2 Å². The van der Waals surface area contributed by atoms with Gasteiger partial charge in [0.2, 0.25) is 0 Å². The molecule has 0 aliphatic rings. The molecule has 0 atom stereocenters. The Kier molecular flexibility index (Phi) is 4.10.